The molecule has 2 aliphatic carbocycles. The maximum absolute atomic E-state index is 2.49. The van der Waals surface area contributed by atoms with Crippen LogP contribution in [0.15, 0.2) is 0 Å². The van der Waals surface area contributed by atoms with E-state index in [1.165, 1.54) is 12.8 Å². The molecule has 2 aliphatic rings. The lowest BCUT2D eigenvalue weighted by Crippen LogP contribution is -2.22. The van der Waals surface area contributed by atoms with Crippen molar-refractivity contribution in [1.82, 2.24) is 0 Å². The summed E-state index contributed by atoms with van der Waals surface area (Å²) < 4.78 is 0. The van der Waals surface area contributed by atoms with Gasteiger partial charge in [0, 0.05) is 0 Å². The minimum Gasteiger partial charge on any atom is -0.0651 e. The molecule has 3 atom stereocenters. The lowest BCUT2D eigenvalue weighted by molar-refractivity contribution is 0.192. The zero-order valence-electron chi connectivity index (χ0n) is 8.49. The van der Waals surface area contributed by atoms with Gasteiger partial charge in [-0.05, 0) is 28.6 Å². The first-order valence-electron chi connectivity index (χ1n) is 4.94. The molecule has 0 N–H and O–H groups in total. The van der Waals surface area contributed by atoms with Crippen LogP contribution < -0.4 is 0 Å². The molecule has 64 valence electrons. The Morgan fingerprint density at radius 3 is 1.73 bits per heavy atom. The molecule has 0 heterocycles. The van der Waals surface area contributed by atoms with Crippen LogP contribution in [0.2, 0.25) is 0 Å². The van der Waals surface area contributed by atoms with Crippen LogP contribution in [-0.4, -0.2) is 0 Å². The molecule has 0 saturated heterocycles. The fourth-order valence-electron chi connectivity index (χ4n) is 3.77. The van der Waals surface area contributed by atoms with Gasteiger partial charge in [-0.3, -0.25) is 0 Å². The Morgan fingerprint density at radius 2 is 1.64 bits per heavy atom. The smallest absolute Gasteiger partial charge is 0.0181 e. The fraction of sp³-hybridized carbons (Fsp3) is 1.00. The first-order valence-corrected chi connectivity index (χ1v) is 4.94. The van der Waals surface area contributed by atoms with Crippen molar-refractivity contribution in [3.8, 4) is 0 Å². The van der Waals surface area contributed by atoms with Gasteiger partial charge in [-0.15, -0.1) is 0 Å². The van der Waals surface area contributed by atoms with Crippen LogP contribution in [-0.2, 0) is 0 Å². The first-order chi connectivity index (χ1) is 4.94. The van der Waals surface area contributed by atoms with Gasteiger partial charge in [0.05, 0.1) is 0 Å². The third kappa shape index (κ3) is 0.467. The molecule has 0 bridgehead atoms. The normalized spacial score (nSPS) is 61.9. The summed E-state index contributed by atoms with van der Waals surface area (Å²) in [4.78, 5) is 0. The van der Waals surface area contributed by atoms with Crippen LogP contribution in [0, 0.1) is 22.2 Å². The van der Waals surface area contributed by atoms with Gasteiger partial charge in [0.15, 0.2) is 0 Å². The Bertz CT molecular complexity index is 192. The Hall–Kier alpha value is 0. The molecule has 11 heavy (non-hydrogen) atoms. The lowest BCUT2D eigenvalue weighted by atomic mass is 9.75. The quantitative estimate of drug-likeness (QED) is 0.568. The maximum atomic E-state index is 2.49. The molecule has 0 amide bonds. The molecule has 2 saturated carbocycles. The zero-order chi connectivity index (χ0) is 8.49. The van der Waals surface area contributed by atoms with E-state index in [9.17, 15) is 0 Å². The summed E-state index contributed by atoms with van der Waals surface area (Å²) in [5, 5.41) is 0. The second-order valence-electron chi connectivity index (χ2n) is 5.35. The van der Waals surface area contributed by atoms with Gasteiger partial charge in [-0.25, -0.2) is 0 Å². The van der Waals surface area contributed by atoms with Crippen molar-refractivity contribution in [2.45, 2.75) is 47.5 Å². The Balaban J connectivity index is 2.18. The van der Waals surface area contributed by atoms with Crippen LogP contribution in [0.3, 0.4) is 0 Å². The second-order valence-corrected chi connectivity index (χ2v) is 5.35. The van der Waals surface area contributed by atoms with Gasteiger partial charge < -0.3 is 0 Å². The number of hydrogen-bond donors (Lipinski definition) is 0. The minimum absolute atomic E-state index is 0.689. The molecule has 0 aromatic carbocycles. The molecule has 0 nitrogen and oxygen atoms in total. The van der Waals surface area contributed by atoms with Crippen molar-refractivity contribution < 1.29 is 0 Å². The third-order valence-electron chi connectivity index (χ3n) is 5.63. The summed E-state index contributed by atoms with van der Waals surface area (Å²) in [6.07, 6.45) is 2.84. The van der Waals surface area contributed by atoms with E-state index in [-0.39, 0.29) is 0 Å². The fourth-order valence-corrected chi connectivity index (χ4v) is 3.77. The van der Waals surface area contributed by atoms with Crippen molar-refractivity contribution in [1.29, 1.82) is 0 Å². The molecular formula is C11H20. The van der Waals surface area contributed by atoms with Gasteiger partial charge in [0.1, 0.15) is 0 Å². The van der Waals surface area contributed by atoms with Gasteiger partial charge in [0.2, 0.25) is 0 Å². The van der Waals surface area contributed by atoms with Crippen LogP contribution in [0.5, 0.6) is 0 Å². The van der Waals surface area contributed by atoms with E-state index in [1.54, 1.807) is 0 Å². The average molecular weight is 152 g/mol. The standard InChI is InChI=1S/C11H20/c1-6-8(2)11(5)9(3)7-10(9,11)4/h8H,6-7H2,1-5H3. The topological polar surface area (TPSA) is 0 Å². The summed E-state index contributed by atoms with van der Waals surface area (Å²) >= 11 is 0. The summed E-state index contributed by atoms with van der Waals surface area (Å²) in [5.41, 5.74) is 2.15. The van der Waals surface area contributed by atoms with Crippen molar-refractivity contribution in [3.05, 3.63) is 0 Å². The summed E-state index contributed by atoms with van der Waals surface area (Å²) in [7, 11) is 0. The van der Waals surface area contributed by atoms with Crippen molar-refractivity contribution >= 4 is 0 Å². The van der Waals surface area contributed by atoms with Gasteiger partial charge in [-0.1, -0.05) is 41.0 Å². The highest BCUT2D eigenvalue weighted by Gasteiger charge is 2.92. The van der Waals surface area contributed by atoms with Gasteiger partial charge in [-0.2, -0.15) is 0 Å². The van der Waals surface area contributed by atoms with E-state index in [0.717, 1.165) is 16.7 Å². The molecule has 0 aliphatic heterocycles. The van der Waals surface area contributed by atoms with E-state index in [2.05, 4.69) is 34.6 Å². The number of rotatable bonds is 2. The van der Waals surface area contributed by atoms with Crippen molar-refractivity contribution in [2.75, 3.05) is 0 Å². The average Bonchev–Trinajstić information content (AvgIpc) is 2.66. The highest BCUT2D eigenvalue weighted by atomic mass is 15.0. The Labute approximate surface area is 70.4 Å². The molecule has 3 unspecified atom stereocenters. The monoisotopic (exact) mass is 152 g/mol. The van der Waals surface area contributed by atoms with Gasteiger partial charge >= 0.3 is 0 Å². The Morgan fingerprint density at radius 1 is 1.18 bits per heavy atom. The molecule has 0 spiro atoms. The van der Waals surface area contributed by atoms with E-state index in [4.69, 9.17) is 0 Å². The van der Waals surface area contributed by atoms with Crippen LogP contribution in [0.4, 0.5) is 0 Å². The van der Waals surface area contributed by atoms with E-state index in [0.29, 0.717) is 5.41 Å². The molecule has 0 radical (unpaired) electrons. The van der Waals surface area contributed by atoms with Crippen LogP contribution >= 0.6 is 0 Å². The molecule has 2 fully saturated rings. The van der Waals surface area contributed by atoms with E-state index < -0.39 is 0 Å². The molecular weight excluding hydrogens is 132 g/mol. The SMILES string of the molecule is CCC(C)C1(C)C2(C)CC21C. The van der Waals surface area contributed by atoms with Gasteiger partial charge in [0.25, 0.3) is 0 Å². The maximum Gasteiger partial charge on any atom is -0.0181 e. The van der Waals surface area contributed by atoms with Crippen LogP contribution in [0.1, 0.15) is 47.5 Å². The number of hydrogen-bond acceptors (Lipinski definition) is 0. The predicted octanol–water partition coefficient (Wildman–Crippen LogP) is 3.47. The molecule has 0 aromatic heterocycles. The third-order valence-corrected chi connectivity index (χ3v) is 5.63. The summed E-state index contributed by atoms with van der Waals surface area (Å²) in [6, 6.07) is 0. The summed E-state index contributed by atoms with van der Waals surface area (Å²) in [5.74, 6) is 0.922. The summed E-state index contributed by atoms with van der Waals surface area (Å²) in [6.45, 7) is 12.2. The first kappa shape index (κ1) is 7.64. The molecule has 0 heteroatoms. The predicted molar refractivity (Wildman–Crippen MR) is 48.4 cm³/mol. The largest absolute Gasteiger partial charge is 0.0651 e. The van der Waals surface area contributed by atoms with Crippen molar-refractivity contribution in [3.63, 3.8) is 0 Å². The molecule has 2 rings (SSSR count). The lowest BCUT2D eigenvalue weighted by Gasteiger charge is -2.29. The molecule has 0 aromatic rings. The van der Waals surface area contributed by atoms with Crippen molar-refractivity contribution in [2.24, 2.45) is 22.2 Å². The van der Waals surface area contributed by atoms with Crippen LogP contribution in [0.25, 0.3) is 0 Å². The van der Waals surface area contributed by atoms with E-state index >= 15 is 0 Å². The highest BCUT2D eigenvalue weighted by molar-refractivity contribution is 5.40. The Kier molecular flexibility index (Phi) is 1.06. The minimum atomic E-state index is 0.689. The highest BCUT2D eigenvalue weighted by Crippen LogP contribution is 2.98. The van der Waals surface area contributed by atoms with E-state index in [1.807, 2.05) is 0 Å². The number of fused-ring (bicyclic) bond motifs is 1. The zero-order valence-corrected chi connectivity index (χ0v) is 8.49. The second kappa shape index (κ2) is 1.53.